The van der Waals surface area contributed by atoms with Gasteiger partial charge in [-0.05, 0) is 44.5 Å². The van der Waals surface area contributed by atoms with Crippen LogP contribution in [-0.4, -0.2) is 31.1 Å². The Kier molecular flexibility index (Phi) is 7.63. The van der Waals surface area contributed by atoms with Crippen LogP contribution < -0.4 is 10.5 Å². The summed E-state index contributed by atoms with van der Waals surface area (Å²) in [7, 11) is 1.68. The lowest BCUT2D eigenvalue weighted by Gasteiger charge is -2.29. The first kappa shape index (κ1) is 17.0. The van der Waals surface area contributed by atoms with Gasteiger partial charge in [-0.15, -0.1) is 0 Å². The molecular formula is C17H30N2O. The van der Waals surface area contributed by atoms with E-state index in [-0.39, 0.29) is 6.04 Å². The van der Waals surface area contributed by atoms with E-state index in [0.717, 1.165) is 18.8 Å². The predicted octanol–water partition coefficient (Wildman–Crippen LogP) is 3.60. The number of nitrogens with two attached hydrogens (primary N) is 1. The molecule has 3 nitrogen and oxygen atoms in total. The Hall–Kier alpha value is -1.06. The Morgan fingerprint density at radius 2 is 1.80 bits per heavy atom. The molecule has 0 amide bonds. The van der Waals surface area contributed by atoms with E-state index >= 15 is 0 Å². The number of hydrogen-bond acceptors (Lipinski definition) is 3. The number of hydrogen-bond donors (Lipinski definition) is 1. The molecule has 20 heavy (non-hydrogen) atoms. The number of nitrogens with zero attached hydrogens (tertiary/aromatic N) is 1. The molecule has 1 atom stereocenters. The van der Waals surface area contributed by atoms with Crippen LogP contribution in [0.5, 0.6) is 5.75 Å². The SMILES string of the molecule is CCCCCN(CC(N)c1ccc(OC)cc1)C(C)C. The molecule has 1 rings (SSSR count). The van der Waals surface area contributed by atoms with Crippen LogP contribution >= 0.6 is 0 Å². The normalized spacial score (nSPS) is 12.9. The highest BCUT2D eigenvalue weighted by Gasteiger charge is 2.14. The highest BCUT2D eigenvalue weighted by Crippen LogP contribution is 2.18. The van der Waals surface area contributed by atoms with E-state index in [2.05, 4.69) is 37.8 Å². The third-order valence-corrected chi connectivity index (χ3v) is 3.75. The van der Waals surface area contributed by atoms with E-state index in [1.165, 1.54) is 24.8 Å². The third kappa shape index (κ3) is 5.51. The standard InChI is InChI=1S/C17H30N2O/c1-5-6-7-12-19(14(2)3)13-17(18)15-8-10-16(20-4)11-9-15/h8-11,14,17H,5-7,12-13,18H2,1-4H3. The Morgan fingerprint density at radius 1 is 1.15 bits per heavy atom. The highest BCUT2D eigenvalue weighted by molar-refractivity contribution is 5.29. The van der Waals surface area contributed by atoms with Crippen LogP contribution in [0.2, 0.25) is 0 Å². The maximum atomic E-state index is 6.35. The van der Waals surface area contributed by atoms with Gasteiger partial charge in [0.05, 0.1) is 7.11 Å². The zero-order valence-electron chi connectivity index (χ0n) is 13.4. The van der Waals surface area contributed by atoms with E-state index in [1.54, 1.807) is 7.11 Å². The zero-order valence-corrected chi connectivity index (χ0v) is 13.4. The van der Waals surface area contributed by atoms with Gasteiger partial charge in [-0.3, -0.25) is 4.90 Å². The largest absolute Gasteiger partial charge is 0.497 e. The first-order chi connectivity index (χ1) is 9.58. The second-order valence-electron chi connectivity index (χ2n) is 5.68. The molecule has 3 heteroatoms. The van der Waals surface area contributed by atoms with Crippen LogP contribution in [0.1, 0.15) is 51.6 Å². The van der Waals surface area contributed by atoms with Crippen molar-refractivity contribution >= 4 is 0 Å². The molecule has 0 saturated carbocycles. The summed E-state index contributed by atoms with van der Waals surface area (Å²) in [5.74, 6) is 0.879. The molecule has 1 unspecified atom stereocenters. The minimum absolute atomic E-state index is 0.0601. The van der Waals surface area contributed by atoms with Crippen LogP contribution in [0, 0.1) is 0 Å². The first-order valence-electron chi connectivity index (χ1n) is 7.72. The van der Waals surface area contributed by atoms with Crippen molar-refractivity contribution in [3.05, 3.63) is 29.8 Å². The summed E-state index contributed by atoms with van der Waals surface area (Å²) in [4.78, 5) is 2.48. The monoisotopic (exact) mass is 278 g/mol. The molecule has 0 heterocycles. The second kappa shape index (κ2) is 8.98. The number of unbranched alkanes of at least 4 members (excludes halogenated alkanes) is 2. The lowest BCUT2D eigenvalue weighted by molar-refractivity contribution is 0.204. The van der Waals surface area contributed by atoms with Gasteiger partial charge in [0.1, 0.15) is 5.75 Å². The van der Waals surface area contributed by atoms with Gasteiger partial charge >= 0.3 is 0 Å². The maximum absolute atomic E-state index is 6.35. The topological polar surface area (TPSA) is 38.5 Å². The van der Waals surface area contributed by atoms with Crippen molar-refractivity contribution in [2.75, 3.05) is 20.2 Å². The summed E-state index contributed by atoms with van der Waals surface area (Å²) in [6.07, 6.45) is 3.81. The van der Waals surface area contributed by atoms with Gasteiger partial charge in [0.15, 0.2) is 0 Å². The molecular weight excluding hydrogens is 248 g/mol. The van der Waals surface area contributed by atoms with Crippen LogP contribution in [0.25, 0.3) is 0 Å². The summed E-state index contributed by atoms with van der Waals surface area (Å²) in [6.45, 7) is 8.77. The van der Waals surface area contributed by atoms with E-state index < -0.39 is 0 Å². The van der Waals surface area contributed by atoms with Gasteiger partial charge in [0, 0.05) is 18.6 Å². The van der Waals surface area contributed by atoms with Crippen LogP contribution in [0.15, 0.2) is 24.3 Å². The Morgan fingerprint density at radius 3 is 2.30 bits per heavy atom. The zero-order chi connectivity index (χ0) is 15.0. The molecule has 114 valence electrons. The molecule has 2 N–H and O–H groups in total. The minimum atomic E-state index is 0.0601. The molecule has 0 aromatic heterocycles. The molecule has 0 radical (unpaired) electrons. The average Bonchev–Trinajstić information content (AvgIpc) is 2.46. The van der Waals surface area contributed by atoms with Gasteiger partial charge in [-0.2, -0.15) is 0 Å². The van der Waals surface area contributed by atoms with Crippen molar-refractivity contribution in [2.45, 2.75) is 52.1 Å². The van der Waals surface area contributed by atoms with Gasteiger partial charge in [-0.25, -0.2) is 0 Å². The highest BCUT2D eigenvalue weighted by atomic mass is 16.5. The average molecular weight is 278 g/mol. The van der Waals surface area contributed by atoms with Crippen molar-refractivity contribution < 1.29 is 4.74 Å². The fourth-order valence-electron chi connectivity index (χ4n) is 2.33. The molecule has 0 aliphatic rings. The van der Waals surface area contributed by atoms with E-state index in [4.69, 9.17) is 10.5 Å². The van der Waals surface area contributed by atoms with Crippen LogP contribution in [0.4, 0.5) is 0 Å². The van der Waals surface area contributed by atoms with Crippen molar-refractivity contribution in [1.82, 2.24) is 4.90 Å². The molecule has 1 aromatic carbocycles. The number of ether oxygens (including phenoxy) is 1. The van der Waals surface area contributed by atoms with Crippen molar-refractivity contribution in [3.8, 4) is 5.75 Å². The molecule has 0 bridgehead atoms. The minimum Gasteiger partial charge on any atom is -0.497 e. The lowest BCUT2D eigenvalue weighted by Crippen LogP contribution is -2.37. The summed E-state index contributed by atoms with van der Waals surface area (Å²) in [6, 6.07) is 8.68. The number of rotatable bonds is 9. The van der Waals surface area contributed by atoms with E-state index in [1.807, 2.05) is 12.1 Å². The van der Waals surface area contributed by atoms with Crippen molar-refractivity contribution in [2.24, 2.45) is 5.73 Å². The molecule has 1 aromatic rings. The summed E-state index contributed by atoms with van der Waals surface area (Å²) >= 11 is 0. The van der Waals surface area contributed by atoms with Gasteiger partial charge in [-0.1, -0.05) is 31.9 Å². The molecule has 0 aliphatic carbocycles. The second-order valence-corrected chi connectivity index (χ2v) is 5.68. The maximum Gasteiger partial charge on any atom is 0.118 e. The Balaban J connectivity index is 2.57. The first-order valence-corrected chi connectivity index (χ1v) is 7.72. The van der Waals surface area contributed by atoms with E-state index in [9.17, 15) is 0 Å². The predicted molar refractivity (Wildman–Crippen MR) is 86.2 cm³/mol. The Bertz CT molecular complexity index is 362. The lowest BCUT2D eigenvalue weighted by atomic mass is 10.1. The fraction of sp³-hybridized carbons (Fsp3) is 0.647. The molecule has 0 saturated heterocycles. The molecule has 0 fully saturated rings. The quantitative estimate of drug-likeness (QED) is 0.701. The van der Waals surface area contributed by atoms with E-state index in [0.29, 0.717) is 6.04 Å². The van der Waals surface area contributed by atoms with Gasteiger partial charge < -0.3 is 10.5 Å². The third-order valence-electron chi connectivity index (χ3n) is 3.75. The van der Waals surface area contributed by atoms with Crippen LogP contribution in [0.3, 0.4) is 0 Å². The summed E-state index contributed by atoms with van der Waals surface area (Å²) in [5.41, 5.74) is 7.52. The van der Waals surface area contributed by atoms with Gasteiger partial charge in [0.2, 0.25) is 0 Å². The van der Waals surface area contributed by atoms with Gasteiger partial charge in [0.25, 0.3) is 0 Å². The number of methoxy groups -OCH3 is 1. The van der Waals surface area contributed by atoms with Crippen molar-refractivity contribution in [3.63, 3.8) is 0 Å². The van der Waals surface area contributed by atoms with Crippen molar-refractivity contribution in [1.29, 1.82) is 0 Å². The molecule has 0 aliphatic heterocycles. The smallest absolute Gasteiger partial charge is 0.118 e. The fourth-order valence-corrected chi connectivity index (χ4v) is 2.33. The summed E-state index contributed by atoms with van der Waals surface area (Å²) in [5, 5.41) is 0. The van der Waals surface area contributed by atoms with Crippen LogP contribution in [-0.2, 0) is 0 Å². The Labute approximate surface area is 124 Å². The molecule has 0 spiro atoms. The summed E-state index contributed by atoms with van der Waals surface area (Å²) < 4.78 is 5.18. The number of benzene rings is 1.